The van der Waals surface area contributed by atoms with Crippen molar-refractivity contribution < 1.29 is 37.4 Å². The van der Waals surface area contributed by atoms with E-state index in [1.54, 1.807) is 12.1 Å². The highest BCUT2D eigenvalue weighted by atomic mass is 19.4. The van der Waals surface area contributed by atoms with Crippen LogP contribution in [0.5, 0.6) is 5.75 Å². The van der Waals surface area contributed by atoms with E-state index < -0.39 is 24.1 Å². The van der Waals surface area contributed by atoms with Crippen molar-refractivity contribution in [1.29, 1.82) is 0 Å². The maximum atomic E-state index is 13.7. The summed E-state index contributed by atoms with van der Waals surface area (Å²) in [6.07, 6.45) is 2.39. The second-order valence-electron chi connectivity index (χ2n) is 10.6. The minimum atomic E-state index is -4.82. The summed E-state index contributed by atoms with van der Waals surface area (Å²) in [5, 5.41) is 11.3. The Hall–Kier alpha value is -4.93. The molecular weight excluding hydrogens is 575 g/mol. The van der Waals surface area contributed by atoms with Crippen molar-refractivity contribution in [3.63, 3.8) is 0 Å². The molecule has 228 valence electrons. The number of rotatable bonds is 9. The van der Waals surface area contributed by atoms with Crippen molar-refractivity contribution in [2.45, 2.75) is 50.8 Å². The molecule has 3 aromatic rings. The van der Waals surface area contributed by atoms with Crippen LogP contribution < -0.4 is 15.0 Å². The highest BCUT2D eigenvalue weighted by molar-refractivity contribution is 6.33. The van der Waals surface area contributed by atoms with Gasteiger partial charge in [0, 0.05) is 17.7 Å². The van der Waals surface area contributed by atoms with Gasteiger partial charge >= 0.3 is 12.3 Å². The number of amides is 2. The van der Waals surface area contributed by atoms with Crippen LogP contribution in [0.25, 0.3) is 6.08 Å². The number of aliphatic imine (C=N–C) groups is 1. The third-order valence-corrected chi connectivity index (χ3v) is 7.54. The van der Waals surface area contributed by atoms with Crippen LogP contribution in [0.15, 0.2) is 83.5 Å². The predicted octanol–water partition coefficient (Wildman–Crippen LogP) is 6.67. The second kappa shape index (κ2) is 13.2. The maximum absolute atomic E-state index is 13.7. The summed E-state index contributed by atoms with van der Waals surface area (Å²) in [5.41, 5.74) is 3.21. The lowest BCUT2D eigenvalue weighted by Gasteiger charge is -2.23. The zero-order valence-electron chi connectivity index (χ0n) is 23.6. The number of amidine groups is 1. The molecule has 0 unspecified atom stereocenters. The van der Waals surface area contributed by atoms with Crippen LogP contribution in [0, 0.1) is 0 Å². The first-order chi connectivity index (χ1) is 21.1. The van der Waals surface area contributed by atoms with Gasteiger partial charge in [0.15, 0.2) is 0 Å². The maximum Gasteiger partial charge on any atom is 0.573 e. The van der Waals surface area contributed by atoms with Crippen LogP contribution in [0.4, 0.5) is 18.9 Å². The van der Waals surface area contributed by atoms with Gasteiger partial charge in [-0.25, -0.2) is 4.99 Å². The molecule has 2 aliphatic rings. The normalized spacial score (nSPS) is 16.6. The predicted molar refractivity (Wildman–Crippen MR) is 158 cm³/mol. The Morgan fingerprint density at radius 3 is 2.23 bits per heavy atom. The van der Waals surface area contributed by atoms with Gasteiger partial charge in [-0.3, -0.25) is 19.3 Å². The SMILES string of the molecule is O=C(O)CCNC(=O)c1ccc(N2C(=O)/C(=C/c3ccc(OC(F)(F)F)cc3)N=C2c2ccc(C3CCCCC3)cc2)cc1. The molecule has 11 heteroatoms. The van der Waals surface area contributed by atoms with E-state index in [0.717, 1.165) is 25.0 Å². The fourth-order valence-electron chi connectivity index (χ4n) is 5.36. The first kappa shape index (κ1) is 30.5. The van der Waals surface area contributed by atoms with Gasteiger partial charge in [-0.2, -0.15) is 0 Å². The Morgan fingerprint density at radius 2 is 1.61 bits per heavy atom. The molecule has 8 nitrogen and oxygen atoms in total. The highest BCUT2D eigenvalue weighted by Gasteiger charge is 2.33. The number of nitrogens with zero attached hydrogens (tertiary/aromatic N) is 2. The molecule has 1 saturated carbocycles. The van der Waals surface area contributed by atoms with Crippen LogP contribution in [0.1, 0.15) is 71.5 Å². The summed E-state index contributed by atoms with van der Waals surface area (Å²) >= 11 is 0. The molecule has 1 aliphatic carbocycles. The van der Waals surface area contributed by atoms with Gasteiger partial charge < -0.3 is 15.2 Å². The number of carboxylic acids is 1. The molecule has 1 heterocycles. The molecule has 2 N–H and O–H groups in total. The number of hydrogen-bond acceptors (Lipinski definition) is 5. The third kappa shape index (κ3) is 7.52. The average molecular weight is 606 g/mol. The Balaban J connectivity index is 1.43. The number of halogens is 3. The lowest BCUT2D eigenvalue weighted by molar-refractivity contribution is -0.274. The van der Waals surface area contributed by atoms with Crippen molar-refractivity contribution in [1.82, 2.24) is 5.32 Å². The molecule has 2 amide bonds. The number of alkyl halides is 3. The summed E-state index contributed by atoms with van der Waals surface area (Å²) in [6.45, 7) is -0.0222. The minimum absolute atomic E-state index is 0.0222. The largest absolute Gasteiger partial charge is 0.573 e. The van der Waals surface area contributed by atoms with Crippen LogP contribution in [0.2, 0.25) is 0 Å². The molecule has 0 saturated heterocycles. The standard InChI is InChI=1S/C33H30F3N3O5/c34-33(35,36)44-27-16-6-21(7-17-27)20-28-32(43)39(26-14-12-25(13-15-26)31(42)37-19-18-29(40)41)30(38-28)24-10-8-23(9-11-24)22-4-2-1-3-5-22/h6-17,20,22H,1-5,18-19H2,(H,37,42)(H,40,41)/b28-20-. The van der Waals surface area contributed by atoms with Crippen molar-refractivity contribution in [3.8, 4) is 5.75 Å². The Morgan fingerprint density at radius 1 is 0.955 bits per heavy atom. The van der Waals surface area contributed by atoms with E-state index in [2.05, 4.69) is 27.2 Å². The number of ether oxygens (including phenoxy) is 1. The topological polar surface area (TPSA) is 108 Å². The van der Waals surface area contributed by atoms with E-state index in [4.69, 9.17) is 5.11 Å². The number of benzene rings is 3. The first-order valence-corrected chi connectivity index (χ1v) is 14.3. The zero-order valence-corrected chi connectivity index (χ0v) is 23.6. The Labute approximate surface area is 251 Å². The molecule has 0 bridgehead atoms. The highest BCUT2D eigenvalue weighted by Crippen LogP contribution is 2.34. The molecule has 0 aromatic heterocycles. The number of hydrogen-bond donors (Lipinski definition) is 2. The molecule has 0 spiro atoms. The molecule has 0 radical (unpaired) electrons. The summed E-state index contributed by atoms with van der Waals surface area (Å²) in [5.74, 6) is -1.45. The third-order valence-electron chi connectivity index (χ3n) is 7.54. The molecule has 5 rings (SSSR count). The fraction of sp³-hybridized carbons (Fsp3) is 0.273. The summed E-state index contributed by atoms with van der Waals surface area (Å²) in [7, 11) is 0. The van der Waals surface area contributed by atoms with Crippen molar-refractivity contribution in [3.05, 3.63) is 101 Å². The van der Waals surface area contributed by atoms with E-state index in [-0.39, 0.29) is 30.0 Å². The number of nitrogens with one attached hydrogen (secondary N) is 1. The monoisotopic (exact) mass is 605 g/mol. The van der Waals surface area contributed by atoms with Crippen molar-refractivity contribution >= 4 is 35.4 Å². The number of aliphatic carboxylic acids is 1. The first-order valence-electron chi connectivity index (χ1n) is 14.3. The van der Waals surface area contributed by atoms with Gasteiger partial charge in [-0.05, 0) is 72.4 Å². The van der Waals surface area contributed by atoms with E-state index in [1.165, 1.54) is 60.1 Å². The van der Waals surface area contributed by atoms with Crippen LogP contribution in [-0.2, 0) is 9.59 Å². The number of carbonyl (C=O) groups is 3. The van der Waals surface area contributed by atoms with E-state index in [9.17, 15) is 27.6 Å². The molecule has 44 heavy (non-hydrogen) atoms. The quantitative estimate of drug-likeness (QED) is 0.265. The van der Waals surface area contributed by atoms with Gasteiger partial charge in [0.25, 0.3) is 11.8 Å². The fourth-order valence-corrected chi connectivity index (χ4v) is 5.36. The van der Waals surface area contributed by atoms with Crippen molar-refractivity contribution in [2.75, 3.05) is 11.4 Å². The van der Waals surface area contributed by atoms with E-state index in [0.29, 0.717) is 28.6 Å². The van der Waals surface area contributed by atoms with Gasteiger partial charge in [0.05, 0.1) is 12.1 Å². The van der Waals surface area contributed by atoms with Gasteiger partial charge in [-0.1, -0.05) is 55.7 Å². The average Bonchev–Trinajstić information content (AvgIpc) is 3.33. The zero-order chi connectivity index (χ0) is 31.3. The van der Waals surface area contributed by atoms with Crippen LogP contribution in [-0.4, -0.2) is 41.6 Å². The minimum Gasteiger partial charge on any atom is -0.481 e. The number of anilines is 1. The summed E-state index contributed by atoms with van der Waals surface area (Å²) in [6, 6.07) is 19.4. The van der Waals surface area contributed by atoms with E-state index >= 15 is 0 Å². The van der Waals surface area contributed by atoms with Crippen LogP contribution in [0.3, 0.4) is 0 Å². The Bertz CT molecular complexity index is 1570. The molecular formula is C33H30F3N3O5. The smallest absolute Gasteiger partial charge is 0.481 e. The summed E-state index contributed by atoms with van der Waals surface area (Å²) in [4.78, 5) is 43.0. The molecule has 1 fully saturated rings. The molecule has 0 atom stereocenters. The Kier molecular flexibility index (Phi) is 9.12. The van der Waals surface area contributed by atoms with Crippen LogP contribution >= 0.6 is 0 Å². The number of carbonyl (C=O) groups excluding carboxylic acids is 2. The van der Waals surface area contributed by atoms with Crippen molar-refractivity contribution in [2.24, 2.45) is 4.99 Å². The lowest BCUT2D eigenvalue weighted by Crippen LogP contribution is -2.32. The lowest BCUT2D eigenvalue weighted by atomic mass is 9.84. The molecule has 3 aromatic carbocycles. The summed E-state index contributed by atoms with van der Waals surface area (Å²) < 4.78 is 41.6. The van der Waals surface area contributed by atoms with Gasteiger partial charge in [0.1, 0.15) is 17.3 Å². The van der Waals surface area contributed by atoms with Gasteiger partial charge in [0.2, 0.25) is 0 Å². The van der Waals surface area contributed by atoms with E-state index in [1.807, 2.05) is 12.1 Å². The molecule has 1 aliphatic heterocycles. The van der Waals surface area contributed by atoms with Gasteiger partial charge in [-0.15, -0.1) is 13.2 Å². The number of carboxylic acid groups (broad SMARTS) is 1. The second-order valence-corrected chi connectivity index (χ2v) is 10.6.